The fourth-order valence-electron chi connectivity index (χ4n) is 6.44. The van der Waals surface area contributed by atoms with Crippen molar-refractivity contribution in [2.24, 2.45) is 0 Å². The van der Waals surface area contributed by atoms with Crippen molar-refractivity contribution >= 4 is 39.2 Å². The van der Waals surface area contributed by atoms with E-state index in [1.807, 2.05) is 38.1 Å². The lowest BCUT2D eigenvalue weighted by Gasteiger charge is -2.26. The van der Waals surface area contributed by atoms with Gasteiger partial charge in [-0.05, 0) is 104 Å². The lowest BCUT2D eigenvalue weighted by Crippen LogP contribution is -2.16. The van der Waals surface area contributed by atoms with Crippen LogP contribution in [0.1, 0.15) is 67.3 Å². The first-order valence-corrected chi connectivity index (χ1v) is 17.9. The molecule has 0 bridgehead atoms. The van der Waals surface area contributed by atoms with Gasteiger partial charge in [-0.1, -0.05) is 104 Å². The van der Waals surface area contributed by atoms with E-state index in [0.29, 0.717) is 0 Å². The summed E-state index contributed by atoms with van der Waals surface area (Å²) >= 11 is 0. The zero-order chi connectivity index (χ0) is 36.4. The highest BCUT2D eigenvalue weighted by atomic mass is 19.4. The molecule has 51 heavy (non-hydrogen) atoms. The van der Waals surface area contributed by atoms with Gasteiger partial charge in [-0.25, -0.2) is 0 Å². The Bertz CT molecular complexity index is 1970. The second-order valence-electron chi connectivity index (χ2n) is 12.6. The van der Waals surface area contributed by atoms with Crippen molar-refractivity contribution in [1.29, 1.82) is 0 Å². The lowest BCUT2D eigenvalue weighted by molar-refractivity contribution is -0.134. The third-order valence-corrected chi connectivity index (χ3v) is 9.01. The minimum absolute atomic E-state index is 0.0227. The van der Waals surface area contributed by atoms with Crippen LogP contribution in [0, 0.1) is 13.8 Å². The Morgan fingerprint density at radius 2 is 1.10 bits per heavy atom. The van der Waals surface area contributed by atoms with Crippen LogP contribution in [-0.2, 0) is 0 Å². The average molecular weight is 688 g/mol. The fourth-order valence-corrected chi connectivity index (χ4v) is 6.44. The predicted octanol–water partition coefficient (Wildman–Crippen LogP) is 13.3. The van der Waals surface area contributed by atoms with Crippen molar-refractivity contribution in [2.45, 2.75) is 59.6 Å². The van der Waals surface area contributed by atoms with Crippen LogP contribution in [0.4, 0.5) is 41.6 Å². The Morgan fingerprint density at radius 3 is 1.65 bits per heavy atom. The molecule has 0 aliphatic rings. The molecule has 1 unspecified atom stereocenters. The van der Waals surface area contributed by atoms with Gasteiger partial charge in [0.1, 0.15) is 0 Å². The van der Waals surface area contributed by atoms with Gasteiger partial charge in [0.15, 0.2) is 0 Å². The molecule has 3 nitrogen and oxygen atoms in total. The summed E-state index contributed by atoms with van der Waals surface area (Å²) in [5, 5.41) is 8.83. The topological polar surface area (TPSA) is 27.3 Å². The number of hydrogen-bond acceptors (Lipinski definition) is 3. The monoisotopic (exact) mass is 687 g/mol. The van der Waals surface area contributed by atoms with Gasteiger partial charge in [-0.2, -0.15) is 13.2 Å². The van der Waals surface area contributed by atoms with Crippen LogP contribution in [0.15, 0.2) is 133 Å². The quantitative estimate of drug-likeness (QED) is 0.0990. The zero-order valence-electron chi connectivity index (χ0n) is 30.2. The minimum Gasteiger partial charge on any atom is -0.385 e. The summed E-state index contributed by atoms with van der Waals surface area (Å²) in [5.74, 6) is -0.0823. The Morgan fingerprint density at radius 1 is 0.608 bits per heavy atom. The van der Waals surface area contributed by atoms with Gasteiger partial charge in [0, 0.05) is 59.3 Å². The van der Waals surface area contributed by atoms with Gasteiger partial charge in [0.25, 0.3) is 0 Å². The number of rotatable bonds is 12. The lowest BCUT2D eigenvalue weighted by atomic mass is 9.82. The third kappa shape index (κ3) is 9.52. The van der Waals surface area contributed by atoms with Gasteiger partial charge in [-0.15, -0.1) is 0 Å². The van der Waals surface area contributed by atoms with Crippen LogP contribution in [0.5, 0.6) is 0 Å². The molecule has 0 spiro atoms. The molecule has 0 aliphatic carbocycles. The maximum absolute atomic E-state index is 12.8. The van der Waals surface area contributed by atoms with Crippen molar-refractivity contribution in [2.75, 3.05) is 28.6 Å². The van der Waals surface area contributed by atoms with E-state index >= 15 is 0 Å². The van der Waals surface area contributed by atoms with E-state index < -0.39 is 12.6 Å². The summed E-state index contributed by atoms with van der Waals surface area (Å²) in [6.45, 7) is 11.4. The van der Waals surface area contributed by atoms with E-state index in [9.17, 15) is 13.2 Å². The molecule has 6 heteroatoms. The highest BCUT2D eigenvalue weighted by molar-refractivity contribution is 5.97. The van der Waals surface area contributed by atoms with E-state index in [-0.39, 0.29) is 18.9 Å². The van der Waals surface area contributed by atoms with Crippen LogP contribution in [0.3, 0.4) is 0 Å². The standard InChI is InChI=1S/C43H42F3N3.C2H6/c1-4-49(36-22-12-31(3)13-23-36)37-24-16-33(17-25-37)42(32-14-20-35(21-15-32)48-34-18-10-30(2)11-19-34)40-26-27-41(39-9-6-5-8-38(39)40)47-29-7-28-43(44,45)46;1-2/h5-6,8-27,42,47-48H,4,7,28-29H2,1-3H3;1-2H3. The molecule has 6 rings (SSSR count). The highest BCUT2D eigenvalue weighted by Crippen LogP contribution is 2.40. The van der Waals surface area contributed by atoms with E-state index in [1.54, 1.807) is 0 Å². The number of nitrogens with one attached hydrogen (secondary N) is 2. The molecule has 1 atom stereocenters. The van der Waals surface area contributed by atoms with E-state index in [0.717, 1.165) is 62.4 Å². The molecule has 6 aromatic carbocycles. The molecule has 264 valence electrons. The van der Waals surface area contributed by atoms with Gasteiger partial charge in [0.05, 0.1) is 0 Å². The van der Waals surface area contributed by atoms with Crippen molar-refractivity contribution in [3.05, 3.63) is 161 Å². The van der Waals surface area contributed by atoms with Crippen molar-refractivity contribution in [3.63, 3.8) is 0 Å². The Kier molecular flexibility index (Phi) is 12.4. The number of alkyl halides is 3. The Hall–Kier alpha value is -5.23. The molecule has 2 N–H and O–H groups in total. The number of aryl methyl sites for hydroxylation is 2. The summed E-state index contributed by atoms with van der Waals surface area (Å²) in [6, 6.07) is 46.6. The van der Waals surface area contributed by atoms with Gasteiger partial charge >= 0.3 is 6.18 Å². The first-order chi connectivity index (χ1) is 24.7. The Labute approximate surface area is 301 Å². The van der Waals surface area contributed by atoms with Crippen molar-refractivity contribution in [1.82, 2.24) is 0 Å². The molecular formula is C45H48F3N3. The van der Waals surface area contributed by atoms with Gasteiger partial charge in [0.2, 0.25) is 0 Å². The summed E-state index contributed by atoms with van der Waals surface area (Å²) in [6.07, 6.45) is -4.94. The summed E-state index contributed by atoms with van der Waals surface area (Å²) in [5.41, 5.74) is 11.0. The SMILES string of the molecule is CC.CCN(c1ccc(C)cc1)c1ccc(C(c2ccc(Nc3ccc(C)cc3)cc2)c2ccc(NCCCC(F)(F)F)c3ccccc23)cc1. The second-order valence-corrected chi connectivity index (χ2v) is 12.6. The molecule has 0 aromatic heterocycles. The summed E-state index contributed by atoms with van der Waals surface area (Å²) < 4.78 is 38.4. The van der Waals surface area contributed by atoms with Crippen LogP contribution in [0.25, 0.3) is 10.8 Å². The molecule has 0 saturated heterocycles. The summed E-state index contributed by atoms with van der Waals surface area (Å²) in [4.78, 5) is 2.30. The largest absolute Gasteiger partial charge is 0.389 e. The first kappa shape index (κ1) is 37.0. The van der Waals surface area contributed by atoms with Gasteiger partial charge in [-0.3, -0.25) is 0 Å². The maximum atomic E-state index is 12.8. The first-order valence-electron chi connectivity index (χ1n) is 17.9. The fraction of sp³-hybridized carbons (Fsp3) is 0.244. The highest BCUT2D eigenvalue weighted by Gasteiger charge is 2.26. The molecule has 0 fully saturated rings. The minimum atomic E-state index is -4.16. The average Bonchev–Trinajstić information content (AvgIpc) is 3.14. The molecule has 0 aliphatic heterocycles. The molecular weight excluding hydrogens is 640 g/mol. The van der Waals surface area contributed by atoms with Crippen molar-refractivity contribution < 1.29 is 13.2 Å². The number of fused-ring (bicyclic) bond motifs is 1. The molecule has 0 amide bonds. The van der Waals surface area contributed by atoms with Crippen LogP contribution < -0.4 is 15.5 Å². The third-order valence-electron chi connectivity index (χ3n) is 9.01. The molecule has 6 aromatic rings. The number of benzene rings is 6. The maximum Gasteiger partial charge on any atom is 0.389 e. The van der Waals surface area contributed by atoms with E-state index in [1.165, 1.54) is 11.1 Å². The summed E-state index contributed by atoms with van der Waals surface area (Å²) in [7, 11) is 0. The number of anilines is 5. The van der Waals surface area contributed by atoms with Crippen LogP contribution in [0.2, 0.25) is 0 Å². The predicted molar refractivity (Wildman–Crippen MR) is 211 cm³/mol. The van der Waals surface area contributed by atoms with Crippen LogP contribution >= 0.6 is 0 Å². The van der Waals surface area contributed by atoms with Crippen LogP contribution in [-0.4, -0.2) is 19.3 Å². The van der Waals surface area contributed by atoms with E-state index in [4.69, 9.17) is 0 Å². The Balaban J connectivity index is 0.00000248. The molecule has 0 heterocycles. The van der Waals surface area contributed by atoms with Gasteiger partial charge < -0.3 is 15.5 Å². The van der Waals surface area contributed by atoms with E-state index in [2.05, 4.69) is 145 Å². The molecule has 0 radical (unpaired) electrons. The smallest absolute Gasteiger partial charge is 0.385 e. The number of nitrogens with zero attached hydrogens (tertiary/aromatic N) is 1. The normalized spacial score (nSPS) is 11.8. The molecule has 0 saturated carbocycles. The number of halogens is 3. The zero-order valence-corrected chi connectivity index (χ0v) is 30.2. The second kappa shape index (κ2) is 17.1. The van der Waals surface area contributed by atoms with Crippen molar-refractivity contribution in [3.8, 4) is 0 Å². The number of hydrogen-bond donors (Lipinski definition) is 2.